The fourth-order valence-corrected chi connectivity index (χ4v) is 3.28. The molecular formula is C21H24N2O2. The van der Waals surface area contributed by atoms with Crippen LogP contribution in [0.4, 0.5) is 5.69 Å². The molecule has 2 aromatic rings. The number of carbonyl (C=O) groups is 2. The van der Waals surface area contributed by atoms with Gasteiger partial charge in [-0.15, -0.1) is 0 Å². The summed E-state index contributed by atoms with van der Waals surface area (Å²) in [5.74, 6) is 0.134. The molecule has 0 radical (unpaired) electrons. The molecule has 1 N–H and O–H groups in total. The smallest absolute Gasteiger partial charge is 0.255 e. The van der Waals surface area contributed by atoms with Crippen molar-refractivity contribution in [2.45, 2.75) is 39.8 Å². The monoisotopic (exact) mass is 336 g/mol. The third-order valence-corrected chi connectivity index (χ3v) is 4.63. The summed E-state index contributed by atoms with van der Waals surface area (Å²) in [5, 5.41) is 3.01. The molecule has 0 spiro atoms. The average molecular weight is 336 g/mol. The Kier molecular flexibility index (Phi) is 4.88. The van der Waals surface area contributed by atoms with Crippen molar-refractivity contribution in [3.63, 3.8) is 0 Å². The van der Waals surface area contributed by atoms with Crippen molar-refractivity contribution in [3.8, 4) is 0 Å². The lowest BCUT2D eigenvalue weighted by atomic mass is 10.0. The van der Waals surface area contributed by atoms with Crippen LogP contribution in [0.3, 0.4) is 0 Å². The first-order chi connectivity index (χ1) is 12.0. The second-order valence-electron chi connectivity index (χ2n) is 7.04. The van der Waals surface area contributed by atoms with Gasteiger partial charge < -0.3 is 10.2 Å². The van der Waals surface area contributed by atoms with E-state index in [2.05, 4.69) is 19.2 Å². The summed E-state index contributed by atoms with van der Waals surface area (Å²) in [6.07, 6.45) is 0.636. The zero-order chi connectivity index (χ0) is 18.0. The molecule has 4 nitrogen and oxygen atoms in total. The molecule has 0 saturated heterocycles. The summed E-state index contributed by atoms with van der Waals surface area (Å²) in [5.41, 5.74) is 3.51. The quantitative estimate of drug-likeness (QED) is 0.897. The number of nitrogens with one attached hydrogen (secondary N) is 1. The van der Waals surface area contributed by atoms with Crippen molar-refractivity contribution in [2.24, 2.45) is 5.92 Å². The van der Waals surface area contributed by atoms with E-state index in [-0.39, 0.29) is 11.8 Å². The highest BCUT2D eigenvalue weighted by molar-refractivity contribution is 6.03. The minimum absolute atomic E-state index is 0.0545. The fourth-order valence-electron chi connectivity index (χ4n) is 3.28. The molecule has 1 atom stereocenters. The molecule has 3 rings (SSSR count). The van der Waals surface area contributed by atoms with Crippen LogP contribution in [0.25, 0.3) is 0 Å². The predicted molar refractivity (Wildman–Crippen MR) is 99.4 cm³/mol. The van der Waals surface area contributed by atoms with E-state index in [0.29, 0.717) is 24.4 Å². The van der Waals surface area contributed by atoms with Crippen LogP contribution in [-0.2, 0) is 11.3 Å². The number of carbonyl (C=O) groups excluding carboxylic acids is 2. The van der Waals surface area contributed by atoms with Crippen LogP contribution in [0.15, 0.2) is 48.5 Å². The van der Waals surface area contributed by atoms with Gasteiger partial charge in [0.25, 0.3) is 5.91 Å². The Bertz CT molecular complexity index is 798. The first kappa shape index (κ1) is 17.2. The molecule has 4 heteroatoms. The van der Waals surface area contributed by atoms with Crippen molar-refractivity contribution < 1.29 is 9.59 Å². The summed E-state index contributed by atoms with van der Waals surface area (Å²) in [6.45, 7) is 6.60. The van der Waals surface area contributed by atoms with Crippen LogP contribution in [0.2, 0.25) is 0 Å². The zero-order valence-electron chi connectivity index (χ0n) is 15.0. The minimum atomic E-state index is -0.473. The van der Waals surface area contributed by atoms with Crippen LogP contribution < -0.4 is 5.32 Å². The van der Waals surface area contributed by atoms with Crippen molar-refractivity contribution in [1.29, 1.82) is 0 Å². The Morgan fingerprint density at radius 3 is 2.48 bits per heavy atom. The Hall–Kier alpha value is -2.62. The van der Waals surface area contributed by atoms with Crippen molar-refractivity contribution >= 4 is 17.5 Å². The third-order valence-electron chi connectivity index (χ3n) is 4.63. The van der Waals surface area contributed by atoms with Gasteiger partial charge in [-0.3, -0.25) is 9.59 Å². The number of aryl methyl sites for hydroxylation is 1. The van der Waals surface area contributed by atoms with Crippen LogP contribution >= 0.6 is 0 Å². The number of benzene rings is 2. The number of hydrogen-bond acceptors (Lipinski definition) is 2. The first-order valence-corrected chi connectivity index (χ1v) is 8.72. The van der Waals surface area contributed by atoms with Gasteiger partial charge in [-0.25, -0.2) is 0 Å². The minimum Gasteiger partial charge on any atom is -0.324 e. The maximum absolute atomic E-state index is 13.0. The lowest BCUT2D eigenvalue weighted by molar-refractivity contribution is -0.121. The number of hydrogen-bond donors (Lipinski definition) is 1. The molecule has 2 amide bonds. The van der Waals surface area contributed by atoms with E-state index in [1.165, 1.54) is 0 Å². The van der Waals surface area contributed by atoms with E-state index in [1.54, 1.807) is 4.90 Å². The van der Waals surface area contributed by atoms with Gasteiger partial charge in [0.15, 0.2) is 0 Å². The van der Waals surface area contributed by atoms with Gasteiger partial charge in [0.05, 0.1) is 0 Å². The summed E-state index contributed by atoms with van der Waals surface area (Å²) >= 11 is 0. The van der Waals surface area contributed by atoms with Crippen LogP contribution in [-0.4, -0.2) is 22.8 Å². The van der Waals surface area contributed by atoms with Crippen molar-refractivity contribution in [2.75, 3.05) is 5.32 Å². The highest BCUT2D eigenvalue weighted by atomic mass is 16.2. The average Bonchev–Trinajstić information content (AvgIpc) is 2.91. The topological polar surface area (TPSA) is 49.4 Å². The molecule has 0 aromatic heterocycles. The molecular weight excluding hydrogens is 312 g/mol. The van der Waals surface area contributed by atoms with Gasteiger partial charge >= 0.3 is 0 Å². The lowest BCUT2D eigenvalue weighted by Gasteiger charge is -2.28. The number of anilines is 1. The van der Waals surface area contributed by atoms with E-state index in [1.807, 2.05) is 55.5 Å². The standard InChI is InChI=1S/C21H24N2O2/c1-14(2)12-19(20(24)22-18-11-7-4-8-15(18)3)23-13-16-9-5-6-10-17(16)21(23)25/h4-11,14,19H,12-13H2,1-3H3,(H,22,24)/t19-/m0/s1. The van der Waals surface area contributed by atoms with Crippen molar-refractivity contribution in [3.05, 3.63) is 65.2 Å². The van der Waals surface area contributed by atoms with Gasteiger partial charge in [0.2, 0.25) is 5.91 Å². The molecule has 2 aromatic carbocycles. The van der Waals surface area contributed by atoms with Crippen LogP contribution in [0.1, 0.15) is 41.8 Å². The van der Waals surface area contributed by atoms with E-state index < -0.39 is 6.04 Å². The van der Waals surface area contributed by atoms with Gasteiger partial charge in [0, 0.05) is 17.8 Å². The Balaban J connectivity index is 1.84. The number of fused-ring (bicyclic) bond motifs is 1. The first-order valence-electron chi connectivity index (χ1n) is 8.72. The second-order valence-corrected chi connectivity index (χ2v) is 7.04. The molecule has 130 valence electrons. The number of nitrogens with zero attached hydrogens (tertiary/aromatic N) is 1. The van der Waals surface area contributed by atoms with Crippen molar-refractivity contribution in [1.82, 2.24) is 4.90 Å². The third kappa shape index (κ3) is 3.58. The van der Waals surface area contributed by atoms with Crippen LogP contribution in [0.5, 0.6) is 0 Å². The van der Waals surface area contributed by atoms with Crippen LogP contribution in [0, 0.1) is 12.8 Å². The lowest BCUT2D eigenvalue weighted by Crippen LogP contribution is -2.45. The molecule has 0 unspecified atom stereocenters. The normalized spacial score (nSPS) is 14.6. The Morgan fingerprint density at radius 1 is 1.12 bits per heavy atom. The Morgan fingerprint density at radius 2 is 1.80 bits per heavy atom. The van der Waals surface area contributed by atoms with Gasteiger partial charge in [-0.05, 0) is 42.5 Å². The molecule has 0 fully saturated rings. The van der Waals surface area contributed by atoms with E-state index in [4.69, 9.17) is 0 Å². The predicted octanol–water partition coefficient (Wildman–Crippen LogP) is 4.00. The second kappa shape index (κ2) is 7.09. The fraction of sp³-hybridized carbons (Fsp3) is 0.333. The molecule has 1 aliphatic rings. The Labute approximate surface area is 148 Å². The summed E-state index contributed by atoms with van der Waals surface area (Å²) in [4.78, 5) is 27.5. The molecule has 25 heavy (non-hydrogen) atoms. The summed E-state index contributed by atoms with van der Waals surface area (Å²) < 4.78 is 0. The van der Waals surface area contributed by atoms with Gasteiger partial charge in [-0.2, -0.15) is 0 Å². The highest BCUT2D eigenvalue weighted by Gasteiger charge is 2.36. The number of para-hydroxylation sites is 1. The largest absolute Gasteiger partial charge is 0.324 e. The zero-order valence-corrected chi connectivity index (χ0v) is 15.0. The number of amides is 2. The number of rotatable bonds is 5. The highest BCUT2D eigenvalue weighted by Crippen LogP contribution is 2.27. The summed E-state index contributed by atoms with van der Waals surface area (Å²) in [6, 6.07) is 14.8. The molecule has 1 heterocycles. The molecule has 0 aliphatic carbocycles. The molecule has 0 saturated carbocycles. The van der Waals surface area contributed by atoms with E-state index >= 15 is 0 Å². The summed E-state index contributed by atoms with van der Waals surface area (Å²) in [7, 11) is 0. The molecule has 1 aliphatic heterocycles. The maximum atomic E-state index is 13.0. The SMILES string of the molecule is Cc1ccccc1NC(=O)[C@H](CC(C)C)N1Cc2ccccc2C1=O. The molecule has 0 bridgehead atoms. The van der Waals surface area contributed by atoms with E-state index in [9.17, 15) is 9.59 Å². The van der Waals surface area contributed by atoms with Gasteiger partial charge in [-0.1, -0.05) is 50.2 Å². The van der Waals surface area contributed by atoms with Gasteiger partial charge in [0.1, 0.15) is 6.04 Å². The maximum Gasteiger partial charge on any atom is 0.255 e. The van der Waals surface area contributed by atoms with E-state index in [0.717, 1.165) is 16.8 Å².